The molecule has 2 rings (SSSR count). The number of halogens is 3. The molecule has 0 bridgehead atoms. The molecule has 1 aliphatic heterocycles. The average Bonchev–Trinajstić information content (AvgIpc) is 2.54. The Balaban J connectivity index is 2.07. The standard InChI is InChI=1S/C18H23F3N2O/c1-13(10-22)11-23(2)12-15-4-3-9-24-17(15)14-5-7-16(8-6-14)18(19,20)21/h5-8,13,15,17H,3-4,9,11-12H2,1-2H3/t13?,15-,17-/m0/s1. The van der Waals surface area contributed by atoms with E-state index in [1.807, 2.05) is 14.0 Å². The summed E-state index contributed by atoms with van der Waals surface area (Å²) in [4.78, 5) is 2.10. The van der Waals surface area contributed by atoms with Gasteiger partial charge in [-0.3, -0.25) is 0 Å². The molecular weight excluding hydrogens is 317 g/mol. The van der Waals surface area contributed by atoms with Gasteiger partial charge in [0, 0.05) is 25.6 Å². The highest BCUT2D eigenvalue weighted by Crippen LogP contribution is 2.36. The van der Waals surface area contributed by atoms with Gasteiger partial charge in [-0.25, -0.2) is 0 Å². The second-order valence-corrected chi connectivity index (χ2v) is 6.56. The summed E-state index contributed by atoms with van der Waals surface area (Å²) in [6.07, 6.45) is -2.60. The molecule has 0 saturated carbocycles. The normalized spacial score (nSPS) is 23.0. The van der Waals surface area contributed by atoms with E-state index in [1.165, 1.54) is 12.1 Å². The van der Waals surface area contributed by atoms with Crippen LogP contribution in [0.2, 0.25) is 0 Å². The van der Waals surface area contributed by atoms with Crippen LogP contribution in [0.15, 0.2) is 24.3 Å². The summed E-state index contributed by atoms with van der Waals surface area (Å²) in [6, 6.07) is 7.49. The van der Waals surface area contributed by atoms with E-state index in [-0.39, 0.29) is 17.9 Å². The van der Waals surface area contributed by atoms with Gasteiger partial charge in [-0.1, -0.05) is 12.1 Å². The summed E-state index contributed by atoms with van der Waals surface area (Å²) < 4.78 is 44.0. The van der Waals surface area contributed by atoms with Crippen molar-refractivity contribution in [3.63, 3.8) is 0 Å². The molecule has 1 heterocycles. The summed E-state index contributed by atoms with van der Waals surface area (Å²) in [5, 5.41) is 8.92. The molecule has 0 spiro atoms. The number of hydrogen-bond donors (Lipinski definition) is 0. The zero-order valence-electron chi connectivity index (χ0n) is 14.0. The number of hydrogen-bond acceptors (Lipinski definition) is 3. The van der Waals surface area contributed by atoms with E-state index in [2.05, 4.69) is 11.0 Å². The fourth-order valence-corrected chi connectivity index (χ4v) is 3.24. The van der Waals surface area contributed by atoms with Crippen LogP contribution in [0.25, 0.3) is 0 Å². The van der Waals surface area contributed by atoms with Gasteiger partial charge >= 0.3 is 6.18 Å². The molecule has 24 heavy (non-hydrogen) atoms. The first-order chi connectivity index (χ1) is 11.3. The zero-order valence-corrected chi connectivity index (χ0v) is 14.0. The maximum Gasteiger partial charge on any atom is 0.416 e. The molecule has 1 aromatic carbocycles. The number of nitriles is 1. The highest BCUT2D eigenvalue weighted by Gasteiger charge is 2.32. The predicted molar refractivity (Wildman–Crippen MR) is 85.1 cm³/mol. The third-order valence-corrected chi connectivity index (χ3v) is 4.36. The van der Waals surface area contributed by atoms with E-state index in [0.717, 1.165) is 37.1 Å². The molecule has 3 nitrogen and oxygen atoms in total. The largest absolute Gasteiger partial charge is 0.416 e. The van der Waals surface area contributed by atoms with E-state index in [0.29, 0.717) is 13.2 Å². The van der Waals surface area contributed by atoms with E-state index in [9.17, 15) is 13.2 Å². The first-order valence-electron chi connectivity index (χ1n) is 8.18. The molecule has 1 fully saturated rings. The summed E-state index contributed by atoms with van der Waals surface area (Å²) >= 11 is 0. The van der Waals surface area contributed by atoms with Crippen molar-refractivity contribution in [3.05, 3.63) is 35.4 Å². The topological polar surface area (TPSA) is 36.3 Å². The van der Waals surface area contributed by atoms with Crippen LogP contribution >= 0.6 is 0 Å². The quantitative estimate of drug-likeness (QED) is 0.803. The smallest absolute Gasteiger partial charge is 0.373 e. The van der Waals surface area contributed by atoms with Gasteiger partial charge in [0.2, 0.25) is 0 Å². The highest BCUT2D eigenvalue weighted by molar-refractivity contribution is 5.26. The van der Waals surface area contributed by atoms with Crippen LogP contribution in [0.1, 0.15) is 37.0 Å². The SMILES string of the molecule is CC(C#N)CN(C)C[C@@H]1CCCO[C@H]1c1ccc(C(F)(F)F)cc1. The van der Waals surface area contributed by atoms with Gasteiger partial charge < -0.3 is 9.64 Å². The second kappa shape index (κ2) is 8.00. The van der Waals surface area contributed by atoms with Crippen LogP contribution in [-0.2, 0) is 10.9 Å². The molecule has 0 aromatic heterocycles. The Morgan fingerprint density at radius 3 is 2.58 bits per heavy atom. The van der Waals surface area contributed by atoms with Crippen molar-refractivity contribution in [2.24, 2.45) is 11.8 Å². The van der Waals surface area contributed by atoms with Gasteiger partial charge in [-0.2, -0.15) is 18.4 Å². The lowest BCUT2D eigenvalue weighted by Crippen LogP contribution is -2.35. The van der Waals surface area contributed by atoms with Crippen molar-refractivity contribution in [2.75, 3.05) is 26.7 Å². The van der Waals surface area contributed by atoms with Crippen LogP contribution in [0, 0.1) is 23.2 Å². The van der Waals surface area contributed by atoms with Gasteiger partial charge in [0.15, 0.2) is 0 Å². The molecule has 0 radical (unpaired) electrons. The highest BCUT2D eigenvalue weighted by atomic mass is 19.4. The van der Waals surface area contributed by atoms with Gasteiger partial charge in [-0.05, 0) is 44.5 Å². The number of alkyl halides is 3. The molecule has 0 N–H and O–H groups in total. The van der Waals surface area contributed by atoms with Gasteiger partial charge in [0.25, 0.3) is 0 Å². The average molecular weight is 340 g/mol. The molecule has 1 saturated heterocycles. The van der Waals surface area contributed by atoms with Crippen LogP contribution in [-0.4, -0.2) is 31.6 Å². The predicted octanol–water partition coefficient (Wildman–Crippen LogP) is 4.26. The Labute approximate surface area is 141 Å². The minimum atomic E-state index is -4.32. The minimum Gasteiger partial charge on any atom is -0.373 e. The fraction of sp³-hybridized carbons (Fsp3) is 0.611. The van der Waals surface area contributed by atoms with Crippen molar-refractivity contribution >= 4 is 0 Å². The van der Waals surface area contributed by atoms with Gasteiger partial charge in [-0.15, -0.1) is 0 Å². The molecule has 6 heteroatoms. The lowest BCUT2D eigenvalue weighted by molar-refractivity contribution is -0.137. The van der Waals surface area contributed by atoms with Crippen molar-refractivity contribution < 1.29 is 17.9 Å². The lowest BCUT2D eigenvalue weighted by Gasteiger charge is -2.35. The fourth-order valence-electron chi connectivity index (χ4n) is 3.24. The van der Waals surface area contributed by atoms with Crippen molar-refractivity contribution in [1.29, 1.82) is 5.26 Å². The van der Waals surface area contributed by atoms with Crippen LogP contribution in [0.5, 0.6) is 0 Å². The molecule has 1 aromatic rings. The molecule has 1 aliphatic rings. The van der Waals surface area contributed by atoms with Crippen LogP contribution < -0.4 is 0 Å². The molecular formula is C18H23F3N2O. The van der Waals surface area contributed by atoms with Gasteiger partial charge in [0.05, 0.1) is 23.7 Å². The Morgan fingerprint density at radius 2 is 2.00 bits per heavy atom. The van der Waals surface area contributed by atoms with Crippen molar-refractivity contribution in [1.82, 2.24) is 4.90 Å². The van der Waals surface area contributed by atoms with E-state index >= 15 is 0 Å². The maximum atomic E-state index is 12.7. The van der Waals surface area contributed by atoms with E-state index in [1.54, 1.807) is 0 Å². The number of rotatable bonds is 5. The molecule has 1 unspecified atom stereocenters. The third kappa shape index (κ3) is 4.96. The van der Waals surface area contributed by atoms with Crippen molar-refractivity contribution in [2.45, 2.75) is 32.0 Å². The minimum absolute atomic E-state index is 0.0518. The monoisotopic (exact) mass is 340 g/mol. The first kappa shape index (κ1) is 18.8. The number of benzene rings is 1. The van der Waals surface area contributed by atoms with E-state index in [4.69, 9.17) is 10.00 Å². The number of nitrogens with zero attached hydrogens (tertiary/aromatic N) is 2. The Kier molecular flexibility index (Phi) is 6.25. The summed E-state index contributed by atoms with van der Waals surface area (Å²) in [6.45, 7) is 3.94. The summed E-state index contributed by atoms with van der Waals surface area (Å²) in [5.41, 5.74) is 0.146. The molecule has 0 amide bonds. The molecule has 132 valence electrons. The Hall–Kier alpha value is -1.58. The maximum absolute atomic E-state index is 12.7. The van der Waals surface area contributed by atoms with Crippen LogP contribution in [0.4, 0.5) is 13.2 Å². The second-order valence-electron chi connectivity index (χ2n) is 6.56. The van der Waals surface area contributed by atoms with E-state index < -0.39 is 11.7 Å². The van der Waals surface area contributed by atoms with Crippen molar-refractivity contribution in [3.8, 4) is 6.07 Å². The summed E-state index contributed by atoms with van der Waals surface area (Å²) in [5.74, 6) is 0.162. The molecule has 3 atom stereocenters. The molecule has 0 aliphatic carbocycles. The zero-order chi connectivity index (χ0) is 17.7. The van der Waals surface area contributed by atoms with Crippen LogP contribution in [0.3, 0.4) is 0 Å². The Bertz CT molecular complexity index is 565. The lowest BCUT2D eigenvalue weighted by atomic mass is 9.88. The number of ether oxygens (including phenoxy) is 1. The Morgan fingerprint density at radius 1 is 1.33 bits per heavy atom. The summed E-state index contributed by atoms with van der Waals surface area (Å²) in [7, 11) is 1.96. The van der Waals surface area contributed by atoms with Gasteiger partial charge in [0.1, 0.15) is 0 Å². The first-order valence-corrected chi connectivity index (χ1v) is 8.18. The third-order valence-electron chi connectivity index (χ3n) is 4.36.